The minimum atomic E-state index is -0.972. The highest BCUT2D eigenvalue weighted by Gasteiger charge is 2.22. The van der Waals surface area contributed by atoms with Crippen LogP contribution in [0.25, 0.3) is 0 Å². The van der Waals surface area contributed by atoms with Crippen LogP contribution in [0, 0.1) is 5.41 Å². The summed E-state index contributed by atoms with van der Waals surface area (Å²) in [6.45, 7) is 6.68. The van der Waals surface area contributed by atoms with Crippen LogP contribution in [0.5, 0.6) is 0 Å². The summed E-state index contributed by atoms with van der Waals surface area (Å²) >= 11 is 1.19. The van der Waals surface area contributed by atoms with E-state index in [1.54, 1.807) is 12.2 Å². The Morgan fingerprint density at radius 3 is 2.80 bits per heavy atom. The largest absolute Gasteiger partial charge is 0.477 e. The third-order valence-electron chi connectivity index (χ3n) is 3.88. The predicted octanol–water partition coefficient (Wildman–Crippen LogP) is 2.85. The van der Waals surface area contributed by atoms with Crippen LogP contribution in [0.2, 0.25) is 0 Å². The molecule has 0 saturated carbocycles. The maximum Gasteiger partial charge on any atom is 0.347 e. The molecule has 3 rings (SSSR count). The second-order valence-corrected chi connectivity index (χ2v) is 6.72. The Hall–Kier alpha value is -2.51. The van der Waals surface area contributed by atoms with Crippen molar-refractivity contribution < 1.29 is 14.6 Å². The van der Waals surface area contributed by atoms with E-state index >= 15 is 0 Å². The van der Waals surface area contributed by atoms with Gasteiger partial charge >= 0.3 is 5.97 Å². The van der Waals surface area contributed by atoms with Gasteiger partial charge in [0, 0.05) is 19.5 Å². The second kappa shape index (κ2) is 7.58. The molecule has 1 aliphatic heterocycles. The number of anilines is 1. The monoisotopic (exact) mass is 357 g/mol. The van der Waals surface area contributed by atoms with Crippen molar-refractivity contribution in [2.75, 3.05) is 31.2 Å². The molecule has 25 heavy (non-hydrogen) atoms. The Morgan fingerprint density at radius 1 is 1.40 bits per heavy atom. The molecule has 0 atom stereocenters. The number of nitrogens with one attached hydrogen (secondary N) is 1. The fourth-order valence-electron chi connectivity index (χ4n) is 2.62. The van der Waals surface area contributed by atoms with Gasteiger partial charge in [0.1, 0.15) is 4.88 Å². The third-order valence-corrected chi connectivity index (χ3v) is 5.02. The number of ether oxygens (including phenoxy) is 1. The van der Waals surface area contributed by atoms with Crippen molar-refractivity contribution in [2.45, 2.75) is 6.42 Å². The molecular weight excluding hydrogens is 338 g/mol. The molecule has 7 heteroatoms. The molecule has 2 N–H and O–H groups in total. The number of carboxylic acids is 1. The molecule has 2 aliphatic rings. The van der Waals surface area contributed by atoms with E-state index in [9.17, 15) is 9.90 Å². The van der Waals surface area contributed by atoms with Crippen molar-refractivity contribution in [1.82, 2.24) is 4.98 Å². The van der Waals surface area contributed by atoms with E-state index in [2.05, 4.69) is 16.5 Å². The van der Waals surface area contributed by atoms with E-state index in [1.807, 2.05) is 18.2 Å². The van der Waals surface area contributed by atoms with Gasteiger partial charge in [-0.15, -0.1) is 0 Å². The van der Waals surface area contributed by atoms with E-state index < -0.39 is 5.97 Å². The van der Waals surface area contributed by atoms with Crippen LogP contribution < -0.4 is 4.90 Å². The van der Waals surface area contributed by atoms with E-state index in [1.165, 1.54) is 11.3 Å². The first-order chi connectivity index (χ1) is 12.0. The number of aromatic carboxylic acids is 1. The van der Waals surface area contributed by atoms with Gasteiger partial charge in [-0.2, -0.15) is 0 Å². The molecule has 1 saturated heterocycles. The highest BCUT2D eigenvalue weighted by Crippen LogP contribution is 2.29. The number of carboxylic acid groups (broad SMARTS) is 1. The van der Waals surface area contributed by atoms with Crippen LogP contribution in [-0.2, 0) is 11.2 Å². The molecule has 1 fully saturated rings. The molecule has 0 bridgehead atoms. The van der Waals surface area contributed by atoms with Crippen molar-refractivity contribution in [3.63, 3.8) is 0 Å². The molecule has 2 heterocycles. The maximum absolute atomic E-state index is 11.6. The fourth-order valence-corrected chi connectivity index (χ4v) is 3.60. The summed E-state index contributed by atoms with van der Waals surface area (Å²) in [5, 5.41) is 18.1. The zero-order valence-corrected chi connectivity index (χ0v) is 14.5. The fraction of sp³-hybridized carbons (Fsp3) is 0.278. The minimum Gasteiger partial charge on any atom is -0.477 e. The molecule has 1 aromatic rings. The number of allylic oxidation sites excluding steroid dienone is 7. The summed E-state index contributed by atoms with van der Waals surface area (Å²) in [5.74, 6) is -0.972. The third kappa shape index (κ3) is 4.12. The first-order valence-electron chi connectivity index (χ1n) is 7.93. The van der Waals surface area contributed by atoms with Crippen molar-refractivity contribution in [2.24, 2.45) is 0 Å². The first-order valence-corrected chi connectivity index (χ1v) is 8.75. The molecule has 0 radical (unpaired) electrons. The number of thiazole rings is 1. The Bertz CT molecular complexity index is 798. The first kappa shape index (κ1) is 17.3. The number of nitrogens with zero attached hydrogens (tertiary/aromatic N) is 2. The lowest BCUT2D eigenvalue weighted by Gasteiger charge is -2.26. The predicted molar refractivity (Wildman–Crippen MR) is 99.0 cm³/mol. The molecule has 0 amide bonds. The maximum atomic E-state index is 11.6. The zero-order chi connectivity index (χ0) is 17.8. The second-order valence-electron chi connectivity index (χ2n) is 5.74. The van der Waals surface area contributed by atoms with E-state index in [4.69, 9.17) is 10.1 Å². The van der Waals surface area contributed by atoms with Crippen LogP contribution in [0.1, 0.15) is 15.4 Å². The lowest BCUT2D eigenvalue weighted by Crippen LogP contribution is -2.36. The molecule has 1 aliphatic carbocycles. The van der Waals surface area contributed by atoms with Crippen LogP contribution >= 0.6 is 11.3 Å². The van der Waals surface area contributed by atoms with Gasteiger partial charge in [-0.3, -0.25) is 0 Å². The highest BCUT2D eigenvalue weighted by atomic mass is 32.1. The Kier molecular flexibility index (Phi) is 5.25. The Labute approximate surface area is 150 Å². The lowest BCUT2D eigenvalue weighted by molar-refractivity contribution is 0.0701. The van der Waals surface area contributed by atoms with Crippen molar-refractivity contribution in [3.05, 3.63) is 58.7 Å². The van der Waals surface area contributed by atoms with Crippen LogP contribution in [0.4, 0.5) is 5.13 Å². The molecule has 1 aromatic heterocycles. The topological polar surface area (TPSA) is 86.5 Å². The average Bonchev–Trinajstić information content (AvgIpc) is 3.02. The molecular formula is C18H19N3O3S. The van der Waals surface area contributed by atoms with Crippen molar-refractivity contribution >= 4 is 28.1 Å². The van der Waals surface area contributed by atoms with Crippen molar-refractivity contribution in [1.29, 1.82) is 5.41 Å². The van der Waals surface area contributed by atoms with Gasteiger partial charge in [-0.25, -0.2) is 9.78 Å². The van der Waals surface area contributed by atoms with Gasteiger partial charge in [0.25, 0.3) is 0 Å². The Morgan fingerprint density at radius 2 is 2.12 bits per heavy atom. The molecule has 0 unspecified atom stereocenters. The number of morpholine rings is 1. The summed E-state index contributed by atoms with van der Waals surface area (Å²) in [5.41, 5.74) is 2.41. The quantitative estimate of drug-likeness (QED) is 0.846. The van der Waals surface area contributed by atoms with E-state index in [0.29, 0.717) is 49.3 Å². The van der Waals surface area contributed by atoms with Gasteiger partial charge < -0.3 is 20.2 Å². The van der Waals surface area contributed by atoms with Crippen molar-refractivity contribution in [3.8, 4) is 0 Å². The van der Waals surface area contributed by atoms with Crippen LogP contribution in [-0.4, -0.2) is 48.1 Å². The summed E-state index contributed by atoms with van der Waals surface area (Å²) in [6, 6.07) is 0. The van der Waals surface area contributed by atoms with Gasteiger partial charge in [0.05, 0.1) is 24.6 Å². The minimum absolute atomic E-state index is 0.246. The summed E-state index contributed by atoms with van der Waals surface area (Å²) in [7, 11) is 0. The van der Waals surface area contributed by atoms with Gasteiger partial charge in [-0.05, 0) is 23.3 Å². The van der Waals surface area contributed by atoms with Crippen LogP contribution in [0.15, 0.2) is 48.1 Å². The van der Waals surface area contributed by atoms with E-state index in [-0.39, 0.29) is 4.88 Å². The molecule has 130 valence electrons. The number of hydrogen-bond donors (Lipinski definition) is 2. The lowest BCUT2D eigenvalue weighted by atomic mass is 10.0. The normalized spacial score (nSPS) is 18.8. The number of carbonyl (C=O) groups is 1. The number of rotatable bonds is 5. The van der Waals surface area contributed by atoms with Crippen LogP contribution in [0.3, 0.4) is 0 Å². The zero-order valence-electron chi connectivity index (χ0n) is 13.7. The molecule has 0 spiro atoms. The van der Waals surface area contributed by atoms with Gasteiger partial charge in [-0.1, -0.05) is 36.1 Å². The summed E-state index contributed by atoms with van der Waals surface area (Å²) < 4.78 is 5.33. The van der Waals surface area contributed by atoms with Gasteiger partial charge in [0.2, 0.25) is 0 Å². The Balaban J connectivity index is 1.80. The number of hydrogen-bond acceptors (Lipinski definition) is 6. The average molecular weight is 357 g/mol. The standard InChI is InChI=1S/C18H19N3O3S/c1-12(10-13-4-2-3-5-14(13)19)11-15-16(17(22)23)25-18(20-15)21-6-8-24-9-7-21/h2-5,10,19H,1,6-9,11H2,(H,22,23)/b13-10-,19-14?. The smallest absolute Gasteiger partial charge is 0.347 e. The number of aromatic nitrogens is 1. The van der Waals surface area contributed by atoms with E-state index in [0.717, 1.165) is 11.1 Å². The molecule has 6 nitrogen and oxygen atoms in total. The summed E-state index contributed by atoms with van der Waals surface area (Å²) in [4.78, 5) is 18.4. The SMILES string of the molecule is C=C(/C=C1/C=CC=CC1=N)Cc1nc(N2CCOCC2)sc1C(=O)O. The molecule has 0 aromatic carbocycles. The highest BCUT2D eigenvalue weighted by molar-refractivity contribution is 7.17. The van der Waals surface area contributed by atoms with Gasteiger partial charge in [0.15, 0.2) is 5.13 Å². The summed E-state index contributed by atoms with van der Waals surface area (Å²) in [6.07, 6.45) is 9.37.